The van der Waals surface area contributed by atoms with Gasteiger partial charge in [-0.05, 0) is 27.8 Å². The van der Waals surface area contributed by atoms with Crippen molar-refractivity contribution in [3.8, 4) is 11.5 Å². The summed E-state index contributed by atoms with van der Waals surface area (Å²) in [5.41, 5.74) is 6.87. The van der Waals surface area contributed by atoms with E-state index in [9.17, 15) is 16.8 Å². The van der Waals surface area contributed by atoms with Crippen LogP contribution in [0.1, 0.15) is 19.4 Å². The third-order valence-corrected chi connectivity index (χ3v) is 6.43. The summed E-state index contributed by atoms with van der Waals surface area (Å²) in [5, 5.41) is -0.727. The highest BCUT2D eigenvalue weighted by Crippen LogP contribution is 2.45. The highest BCUT2D eigenvalue weighted by Gasteiger charge is 2.32. The molecule has 24 heavy (non-hydrogen) atoms. The number of rotatable bonds is 6. The van der Waals surface area contributed by atoms with Crippen LogP contribution in [0.3, 0.4) is 0 Å². The Kier molecular flexibility index (Phi) is 4.88. The Balaban J connectivity index is 2.50. The maximum atomic E-state index is 11.9. The van der Waals surface area contributed by atoms with E-state index in [-0.39, 0.29) is 23.7 Å². The van der Waals surface area contributed by atoms with E-state index in [0.29, 0.717) is 17.8 Å². The molecule has 1 atom stereocenters. The highest BCUT2D eigenvalue weighted by molar-refractivity contribution is 7.90. The number of hydrogen-bond donors (Lipinski definition) is 2. The Labute approximate surface area is 142 Å². The molecule has 0 saturated heterocycles. The van der Waals surface area contributed by atoms with Crippen molar-refractivity contribution in [2.24, 2.45) is 0 Å². The molecule has 1 aromatic carbocycles. The van der Waals surface area contributed by atoms with Gasteiger partial charge < -0.3 is 19.0 Å². The van der Waals surface area contributed by atoms with Gasteiger partial charge >= 0.3 is 10.4 Å². The normalized spacial score (nSPS) is 16.8. The lowest BCUT2D eigenvalue weighted by Gasteiger charge is -2.27. The highest BCUT2D eigenvalue weighted by atomic mass is 32.3. The minimum atomic E-state index is -4.26. The number of nitrogens with two attached hydrogens (primary N) is 1. The number of anilines is 2. The van der Waals surface area contributed by atoms with Crippen LogP contribution in [0.15, 0.2) is 6.07 Å². The predicted molar refractivity (Wildman–Crippen MR) is 91.1 cm³/mol. The SMILES string of the molecule is CCN(CC(C)S(=O)(=O)NC)c1cc2c(N)c(C)c1OS(=O)(=O)O2. The first kappa shape index (κ1) is 18.6. The van der Waals surface area contributed by atoms with E-state index >= 15 is 0 Å². The summed E-state index contributed by atoms with van der Waals surface area (Å²) in [5.74, 6) is 0.0102. The third kappa shape index (κ3) is 3.37. The van der Waals surface area contributed by atoms with Gasteiger partial charge in [0.2, 0.25) is 10.0 Å². The van der Waals surface area contributed by atoms with Gasteiger partial charge in [-0.15, -0.1) is 8.42 Å². The second-order valence-corrected chi connectivity index (χ2v) is 8.89. The Bertz CT molecular complexity index is 851. The van der Waals surface area contributed by atoms with Gasteiger partial charge in [0.15, 0.2) is 11.5 Å². The van der Waals surface area contributed by atoms with Crippen LogP contribution in [0.25, 0.3) is 0 Å². The molecule has 1 unspecified atom stereocenters. The van der Waals surface area contributed by atoms with Gasteiger partial charge in [-0.1, -0.05) is 0 Å². The second-order valence-electron chi connectivity index (χ2n) is 5.43. The maximum Gasteiger partial charge on any atom is 0.501 e. The number of benzene rings is 1. The van der Waals surface area contributed by atoms with Crippen LogP contribution in [0.2, 0.25) is 0 Å². The fourth-order valence-electron chi connectivity index (χ4n) is 2.41. The lowest BCUT2D eigenvalue weighted by atomic mass is 10.1. The zero-order valence-electron chi connectivity index (χ0n) is 13.9. The molecule has 0 spiro atoms. The molecule has 2 aliphatic heterocycles. The number of hydrogen-bond acceptors (Lipinski definition) is 8. The Morgan fingerprint density at radius 1 is 1.38 bits per heavy atom. The Hall–Kier alpha value is -1.72. The first-order valence-electron chi connectivity index (χ1n) is 7.26. The van der Waals surface area contributed by atoms with Gasteiger partial charge in [-0.3, -0.25) is 0 Å². The van der Waals surface area contributed by atoms with Crippen LogP contribution in [-0.4, -0.2) is 42.2 Å². The average molecular weight is 379 g/mol. The molecule has 0 amide bonds. The zero-order valence-corrected chi connectivity index (χ0v) is 15.5. The molecule has 0 saturated carbocycles. The molecule has 136 valence electrons. The summed E-state index contributed by atoms with van der Waals surface area (Å²) in [6, 6.07) is 1.45. The Morgan fingerprint density at radius 3 is 2.54 bits per heavy atom. The average Bonchev–Trinajstić information content (AvgIpc) is 2.70. The Morgan fingerprint density at radius 2 is 2.00 bits per heavy atom. The molecular formula is C13H21N3O6S2. The van der Waals surface area contributed by atoms with E-state index < -0.39 is 25.7 Å². The van der Waals surface area contributed by atoms with E-state index in [2.05, 4.69) is 4.72 Å². The van der Waals surface area contributed by atoms with Crippen LogP contribution in [0.5, 0.6) is 11.5 Å². The van der Waals surface area contributed by atoms with Crippen LogP contribution in [0, 0.1) is 6.92 Å². The van der Waals surface area contributed by atoms with Gasteiger partial charge in [0.25, 0.3) is 0 Å². The summed E-state index contributed by atoms with van der Waals surface area (Å²) in [6.45, 7) is 5.57. The van der Waals surface area contributed by atoms with Crippen molar-refractivity contribution in [3.63, 3.8) is 0 Å². The number of sulfonamides is 1. The van der Waals surface area contributed by atoms with Crippen LogP contribution < -0.4 is 23.7 Å². The molecule has 0 aromatic heterocycles. The molecule has 9 nitrogen and oxygen atoms in total. The largest absolute Gasteiger partial charge is 0.501 e. The zero-order chi connectivity index (χ0) is 18.3. The van der Waals surface area contributed by atoms with Crippen molar-refractivity contribution >= 4 is 31.8 Å². The number of nitrogen functional groups attached to an aromatic ring is 1. The van der Waals surface area contributed by atoms with Crippen molar-refractivity contribution in [3.05, 3.63) is 11.6 Å². The van der Waals surface area contributed by atoms with Crippen molar-refractivity contribution in [2.45, 2.75) is 26.0 Å². The molecule has 2 heterocycles. The lowest BCUT2D eigenvalue weighted by molar-refractivity contribution is 0.400. The number of nitrogens with one attached hydrogen (secondary N) is 1. The molecule has 0 fully saturated rings. The summed E-state index contributed by atoms with van der Waals surface area (Å²) < 4.78 is 59.5. The summed E-state index contributed by atoms with van der Waals surface area (Å²) >= 11 is 0. The molecule has 3 N–H and O–H groups in total. The fourth-order valence-corrected chi connectivity index (χ4v) is 4.00. The predicted octanol–water partition coefficient (Wildman–Crippen LogP) is 0.357. The second kappa shape index (κ2) is 6.30. The van der Waals surface area contributed by atoms with Gasteiger partial charge in [-0.2, -0.15) is 0 Å². The van der Waals surface area contributed by atoms with Gasteiger partial charge in [0.1, 0.15) is 0 Å². The molecule has 2 aliphatic rings. The number of nitrogens with zero attached hydrogens (tertiary/aromatic N) is 1. The molecule has 1 aromatic rings. The summed E-state index contributed by atoms with van der Waals surface area (Å²) in [4.78, 5) is 1.70. The first-order chi connectivity index (χ1) is 11.0. The molecule has 11 heteroatoms. The van der Waals surface area contributed by atoms with Gasteiger partial charge in [0, 0.05) is 24.7 Å². The van der Waals surface area contributed by atoms with Crippen LogP contribution >= 0.6 is 0 Å². The van der Waals surface area contributed by atoms with Crippen molar-refractivity contribution in [1.82, 2.24) is 4.72 Å². The summed E-state index contributed by atoms with van der Waals surface area (Å²) in [7, 11) is -6.39. The van der Waals surface area contributed by atoms with Crippen molar-refractivity contribution in [2.75, 3.05) is 30.8 Å². The van der Waals surface area contributed by atoms with Crippen molar-refractivity contribution in [1.29, 1.82) is 0 Å². The fraction of sp³-hybridized carbons (Fsp3) is 0.538. The standard InChI is InChI=1S/C13H21N3O6S2/c1-5-16(7-8(2)23(17,18)15-4)10-6-11-12(14)9(3)13(10)22-24(19,20)21-11/h6,8,15H,5,7,14H2,1-4H3. The van der Waals surface area contributed by atoms with E-state index in [1.165, 1.54) is 13.1 Å². The maximum absolute atomic E-state index is 11.9. The lowest BCUT2D eigenvalue weighted by Crippen LogP contribution is -2.40. The molecule has 3 rings (SSSR count). The van der Waals surface area contributed by atoms with Crippen LogP contribution in [-0.2, 0) is 20.4 Å². The molecule has 0 radical (unpaired) electrons. The third-order valence-electron chi connectivity index (χ3n) is 3.90. The number of fused-ring (bicyclic) bond motifs is 4. The van der Waals surface area contributed by atoms with E-state index in [1.54, 1.807) is 18.7 Å². The van der Waals surface area contributed by atoms with E-state index in [4.69, 9.17) is 14.1 Å². The van der Waals surface area contributed by atoms with Gasteiger partial charge in [0.05, 0.1) is 16.6 Å². The van der Waals surface area contributed by atoms with Gasteiger partial charge in [-0.25, -0.2) is 13.1 Å². The van der Waals surface area contributed by atoms with E-state index in [1.807, 2.05) is 6.92 Å². The quantitative estimate of drug-likeness (QED) is 0.678. The smallest absolute Gasteiger partial charge is 0.395 e. The van der Waals surface area contributed by atoms with E-state index in [0.717, 1.165) is 0 Å². The minimum absolute atomic E-state index is 0.0358. The summed E-state index contributed by atoms with van der Waals surface area (Å²) in [6.07, 6.45) is 0. The minimum Gasteiger partial charge on any atom is -0.395 e. The molecule has 0 aliphatic carbocycles. The van der Waals surface area contributed by atoms with Crippen LogP contribution in [0.4, 0.5) is 11.4 Å². The molecular weight excluding hydrogens is 358 g/mol. The monoisotopic (exact) mass is 379 g/mol. The first-order valence-corrected chi connectivity index (χ1v) is 10.1. The topological polar surface area (TPSA) is 128 Å². The van der Waals surface area contributed by atoms with Crippen molar-refractivity contribution < 1.29 is 25.2 Å². The molecule has 2 bridgehead atoms.